The van der Waals surface area contributed by atoms with Crippen LogP contribution in [0.4, 0.5) is 5.69 Å². The van der Waals surface area contributed by atoms with Crippen molar-refractivity contribution in [3.05, 3.63) is 29.8 Å². The number of piperidine rings is 1. The van der Waals surface area contributed by atoms with Crippen LogP contribution in [0.2, 0.25) is 0 Å². The normalized spacial score (nSPS) is 19.4. The third-order valence-electron chi connectivity index (χ3n) is 3.50. The van der Waals surface area contributed by atoms with Gasteiger partial charge in [-0.2, -0.15) is 0 Å². The summed E-state index contributed by atoms with van der Waals surface area (Å²) in [6.07, 6.45) is 2.77. The number of hydrogen-bond acceptors (Lipinski definition) is 3. The zero-order chi connectivity index (χ0) is 13.7. The molecule has 1 N–H and O–H groups in total. The minimum absolute atomic E-state index is 0.393. The Balaban J connectivity index is 2.16. The van der Waals surface area contributed by atoms with Crippen LogP contribution >= 0.6 is 0 Å². The molecule has 0 aliphatic carbocycles. The average molecular weight is 263 g/mol. The van der Waals surface area contributed by atoms with E-state index in [0.29, 0.717) is 13.2 Å². The molecule has 1 heterocycles. The van der Waals surface area contributed by atoms with Crippen molar-refractivity contribution in [2.24, 2.45) is 0 Å². The molecule has 1 aliphatic rings. The number of carboxylic acids is 1. The van der Waals surface area contributed by atoms with Crippen LogP contribution < -0.4 is 4.90 Å². The zero-order valence-electron chi connectivity index (χ0n) is 11.3. The lowest BCUT2D eigenvalue weighted by Crippen LogP contribution is -2.44. The molecule has 1 saturated heterocycles. The molecule has 1 aromatic rings. The van der Waals surface area contributed by atoms with Gasteiger partial charge in [-0.15, -0.1) is 0 Å². The molecule has 1 aromatic carbocycles. The lowest BCUT2D eigenvalue weighted by atomic mass is 10.0. The summed E-state index contributed by atoms with van der Waals surface area (Å²) in [4.78, 5) is 13.3. The molecule has 0 radical (unpaired) electrons. The maximum atomic E-state index is 11.3. The Hall–Kier alpha value is -1.55. The summed E-state index contributed by atoms with van der Waals surface area (Å²) in [5.74, 6) is -0.727. The first-order valence-corrected chi connectivity index (χ1v) is 6.88. The summed E-state index contributed by atoms with van der Waals surface area (Å²) in [6.45, 7) is 4.05. The Morgan fingerprint density at radius 2 is 2.32 bits per heavy atom. The van der Waals surface area contributed by atoms with Crippen molar-refractivity contribution in [3.8, 4) is 0 Å². The third-order valence-corrected chi connectivity index (χ3v) is 3.50. The highest BCUT2D eigenvalue weighted by molar-refractivity contribution is 5.78. The molecule has 0 spiro atoms. The van der Waals surface area contributed by atoms with Gasteiger partial charge < -0.3 is 14.7 Å². The highest BCUT2D eigenvalue weighted by Crippen LogP contribution is 2.26. The first-order chi connectivity index (χ1) is 9.22. The molecule has 1 fully saturated rings. The number of hydrogen-bond donors (Lipinski definition) is 1. The van der Waals surface area contributed by atoms with E-state index in [1.807, 2.05) is 36.1 Å². The fourth-order valence-electron chi connectivity index (χ4n) is 2.54. The van der Waals surface area contributed by atoms with Crippen LogP contribution in [0.15, 0.2) is 24.3 Å². The number of rotatable bonds is 5. The van der Waals surface area contributed by atoms with Gasteiger partial charge in [0, 0.05) is 18.8 Å². The van der Waals surface area contributed by atoms with E-state index in [2.05, 4.69) is 0 Å². The van der Waals surface area contributed by atoms with Crippen molar-refractivity contribution < 1.29 is 14.6 Å². The van der Waals surface area contributed by atoms with E-state index < -0.39 is 12.0 Å². The summed E-state index contributed by atoms with van der Waals surface area (Å²) in [5.41, 5.74) is 2.08. The van der Waals surface area contributed by atoms with Gasteiger partial charge in [-0.1, -0.05) is 12.1 Å². The number of aliphatic carboxylic acids is 1. The predicted molar refractivity (Wildman–Crippen MR) is 74.4 cm³/mol. The third kappa shape index (κ3) is 3.47. The standard InChI is InChI=1S/C15H21NO3/c1-2-19-11-12-6-5-7-13(10-12)16-9-4-3-8-14(16)15(17)18/h5-7,10,14H,2-4,8-9,11H2,1H3,(H,17,18)/t14-/m1/s1. The van der Waals surface area contributed by atoms with Crippen LogP contribution in [-0.4, -0.2) is 30.3 Å². The van der Waals surface area contributed by atoms with Crippen LogP contribution in [0, 0.1) is 0 Å². The predicted octanol–water partition coefficient (Wildman–Crippen LogP) is 2.67. The minimum Gasteiger partial charge on any atom is -0.480 e. The summed E-state index contributed by atoms with van der Waals surface area (Å²) < 4.78 is 5.40. The van der Waals surface area contributed by atoms with E-state index in [-0.39, 0.29) is 0 Å². The van der Waals surface area contributed by atoms with Gasteiger partial charge >= 0.3 is 5.97 Å². The topological polar surface area (TPSA) is 49.8 Å². The van der Waals surface area contributed by atoms with Crippen LogP contribution in [0.3, 0.4) is 0 Å². The molecular formula is C15H21NO3. The second-order valence-corrected chi connectivity index (χ2v) is 4.85. The van der Waals surface area contributed by atoms with Gasteiger partial charge in [-0.05, 0) is 43.9 Å². The Morgan fingerprint density at radius 3 is 3.05 bits per heavy atom. The van der Waals surface area contributed by atoms with E-state index >= 15 is 0 Å². The van der Waals surface area contributed by atoms with Gasteiger partial charge in [0.1, 0.15) is 6.04 Å². The number of carboxylic acid groups (broad SMARTS) is 1. The molecule has 0 aromatic heterocycles. The number of anilines is 1. The molecule has 0 saturated carbocycles. The average Bonchev–Trinajstić information content (AvgIpc) is 2.45. The van der Waals surface area contributed by atoms with Gasteiger partial charge in [-0.3, -0.25) is 0 Å². The quantitative estimate of drug-likeness (QED) is 0.887. The Kier molecular flexibility index (Phi) is 4.80. The summed E-state index contributed by atoms with van der Waals surface area (Å²) >= 11 is 0. The number of benzene rings is 1. The summed E-state index contributed by atoms with van der Waals surface area (Å²) in [6, 6.07) is 7.61. The number of ether oxygens (including phenoxy) is 1. The van der Waals surface area contributed by atoms with E-state index in [1.54, 1.807) is 0 Å². The molecule has 2 rings (SSSR count). The van der Waals surface area contributed by atoms with Crippen molar-refractivity contribution in [3.63, 3.8) is 0 Å². The van der Waals surface area contributed by atoms with E-state index in [9.17, 15) is 9.90 Å². The van der Waals surface area contributed by atoms with Gasteiger partial charge in [0.15, 0.2) is 0 Å². The molecule has 4 nitrogen and oxygen atoms in total. The zero-order valence-corrected chi connectivity index (χ0v) is 11.3. The second-order valence-electron chi connectivity index (χ2n) is 4.85. The van der Waals surface area contributed by atoms with Gasteiger partial charge in [0.25, 0.3) is 0 Å². The summed E-state index contributed by atoms with van der Waals surface area (Å²) in [5, 5.41) is 9.31. The van der Waals surface area contributed by atoms with E-state index in [0.717, 1.165) is 37.1 Å². The fourth-order valence-corrected chi connectivity index (χ4v) is 2.54. The molecule has 0 unspecified atom stereocenters. The largest absolute Gasteiger partial charge is 0.480 e. The van der Waals surface area contributed by atoms with Gasteiger partial charge in [-0.25, -0.2) is 4.79 Å². The highest BCUT2D eigenvalue weighted by Gasteiger charge is 2.28. The smallest absolute Gasteiger partial charge is 0.326 e. The van der Waals surface area contributed by atoms with Gasteiger partial charge in [0.2, 0.25) is 0 Å². The minimum atomic E-state index is -0.727. The molecule has 1 aliphatic heterocycles. The Labute approximate surface area is 114 Å². The molecule has 0 amide bonds. The van der Waals surface area contributed by atoms with Crippen molar-refractivity contribution in [1.82, 2.24) is 0 Å². The molecule has 4 heteroatoms. The lowest BCUT2D eigenvalue weighted by Gasteiger charge is -2.35. The Bertz CT molecular complexity index is 433. The van der Waals surface area contributed by atoms with Crippen LogP contribution in [-0.2, 0) is 16.1 Å². The van der Waals surface area contributed by atoms with Crippen molar-refractivity contribution in [2.75, 3.05) is 18.1 Å². The molecule has 1 atom stereocenters. The first kappa shape index (κ1) is 13.9. The highest BCUT2D eigenvalue weighted by atomic mass is 16.5. The molecule has 19 heavy (non-hydrogen) atoms. The first-order valence-electron chi connectivity index (χ1n) is 6.88. The molecule has 0 bridgehead atoms. The monoisotopic (exact) mass is 263 g/mol. The van der Waals surface area contributed by atoms with Crippen LogP contribution in [0.5, 0.6) is 0 Å². The van der Waals surface area contributed by atoms with Crippen molar-refractivity contribution >= 4 is 11.7 Å². The Morgan fingerprint density at radius 1 is 1.47 bits per heavy atom. The van der Waals surface area contributed by atoms with E-state index in [1.165, 1.54) is 0 Å². The summed E-state index contributed by atoms with van der Waals surface area (Å²) in [7, 11) is 0. The lowest BCUT2D eigenvalue weighted by molar-refractivity contribution is -0.139. The van der Waals surface area contributed by atoms with Crippen molar-refractivity contribution in [1.29, 1.82) is 0 Å². The number of carbonyl (C=O) groups is 1. The van der Waals surface area contributed by atoms with E-state index in [4.69, 9.17) is 4.74 Å². The second kappa shape index (κ2) is 6.57. The number of nitrogens with zero attached hydrogens (tertiary/aromatic N) is 1. The van der Waals surface area contributed by atoms with Crippen LogP contribution in [0.1, 0.15) is 31.7 Å². The SMILES string of the molecule is CCOCc1cccc(N2CCCC[C@@H]2C(=O)O)c1. The van der Waals surface area contributed by atoms with Crippen LogP contribution in [0.25, 0.3) is 0 Å². The molecular weight excluding hydrogens is 242 g/mol. The van der Waals surface area contributed by atoms with Crippen molar-refractivity contribution in [2.45, 2.75) is 38.8 Å². The maximum absolute atomic E-state index is 11.3. The fraction of sp³-hybridized carbons (Fsp3) is 0.533. The maximum Gasteiger partial charge on any atom is 0.326 e. The molecule has 104 valence electrons. The van der Waals surface area contributed by atoms with Gasteiger partial charge in [0.05, 0.1) is 6.61 Å².